The molecule has 0 aromatic heterocycles. The largest absolute Gasteiger partial charge is 0.334 e. The zero-order valence-electron chi connectivity index (χ0n) is 9.99. The maximum atomic E-state index is 11.9. The van der Waals surface area contributed by atoms with E-state index in [1.54, 1.807) is 17.0 Å². The highest BCUT2D eigenvalue weighted by atomic mass is 127. The average molecular weight is 358 g/mol. The summed E-state index contributed by atoms with van der Waals surface area (Å²) < 4.78 is 1.09. The molecule has 2 amide bonds. The molecule has 5 heteroatoms. The van der Waals surface area contributed by atoms with E-state index in [1.807, 2.05) is 12.1 Å². The molecule has 1 aromatic carbocycles. The second-order valence-electron chi connectivity index (χ2n) is 4.31. The number of likely N-dealkylation sites (tertiary alicyclic amines) is 1. The van der Waals surface area contributed by atoms with Crippen LogP contribution >= 0.6 is 22.6 Å². The highest BCUT2D eigenvalue weighted by molar-refractivity contribution is 14.1. The van der Waals surface area contributed by atoms with Gasteiger partial charge in [0.25, 0.3) is 0 Å². The summed E-state index contributed by atoms with van der Waals surface area (Å²) in [6, 6.07) is 7.37. The third-order valence-electron chi connectivity index (χ3n) is 2.94. The molecule has 0 spiro atoms. The molecule has 1 fully saturated rings. The zero-order valence-corrected chi connectivity index (χ0v) is 12.1. The minimum Gasteiger partial charge on any atom is -0.334 e. The molecular formula is C13H15IN2O2. The first-order valence-corrected chi connectivity index (χ1v) is 7.10. The summed E-state index contributed by atoms with van der Waals surface area (Å²) in [5.41, 5.74) is 0.658. The molecule has 1 aliphatic rings. The van der Waals surface area contributed by atoms with Crippen LogP contribution in [0.25, 0.3) is 0 Å². The van der Waals surface area contributed by atoms with Crippen molar-refractivity contribution in [1.82, 2.24) is 4.90 Å². The number of carbonyl (C=O) groups excluding carboxylic acids is 2. The predicted octanol–water partition coefficient (Wildman–Crippen LogP) is 2.24. The van der Waals surface area contributed by atoms with Gasteiger partial charge in [-0.15, -0.1) is 0 Å². The van der Waals surface area contributed by atoms with Gasteiger partial charge < -0.3 is 10.2 Å². The number of amides is 2. The van der Waals surface area contributed by atoms with Crippen LogP contribution in [-0.2, 0) is 9.59 Å². The number of hydrogen-bond acceptors (Lipinski definition) is 2. The molecule has 0 bridgehead atoms. The van der Waals surface area contributed by atoms with Crippen LogP contribution in [0.2, 0.25) is 0 Å². The van der Waals surface area contributed by atoms with Gasteiger partial charge in [0.2, 0.25) is 0 Å². The van der Waals surface area contributed by atoms with Gasteiger partial charge in [-0.25, -0.2) is 0 Å². The number of anilines is 1. The summed E-state index contributed by atoms with van der Waals surface area (Å²) in [7, 11) is 0. The zero-order chi connectivity index (χ0) is 13.0. The maximum Gasteiger partial charge on any atom is 0.313 e. The molecular weight excluding hydrogens is 343 g/mol. The number of benzene rings is 1. The molecule has 0 aliphatic carbocycles. The number of hydrogen-bond donors (Lipinski definition) is 1. The normalized spacial score (nSPS) is 15.3. The number of carbonyl (C=O) groups is 2. The van der Waals surface area contributed by atoms with Crippen molar-refractivity contribution in [2.75, 3.05) is 18.4 Å². The Morgan fingerprint density at radius 1 is 1.06 bits per heavy atom. The lowest BCUT2D eigenvalue weighted by molar-refractivity contribution is -0.143. The van der Waals surface area contributed by atoms with Gasteiger partial charge in [0.1, 0.15) is 0 Å². The van der Waals surface area contributed by atoms with E-state index in [-0.39, 0.29) is 0 Å². The minimum atomic E-state index is -0.543. The summed E-state index contributed by atoms with van der Waals surface area (Å²) in [6.07, 6.45) is 3.12. The Morgan fingerprint density at radius 3 is 2.28 bits per heavy atom. The Balaban J connectivity index is 1.94. The summed E-state index contributed by atoms with van der Waals surface area (Å²) in [5, 5.41) is 2.63. The van der Waals surface area contributed by atoms with Gasteiger partial charge in [-0.2, -0.15) is 0 Å². The van der Waals surface area contributed by atoms with E-state index in [4.69, 9.17) is 0 Å². The SMILES string of the molecule is O=C(Nc1ccc(I)cc1)C(=O)N1CCCCC1. The lowest BCUT2D eigenvalue weighted by Crippen LogP contribution is -2.42. The molecule has 18 heavy (non-hydrogen) atoms. The summed E-state index contributed by atoms with van der Waals surface area (Å²) in [5.74, 6) is -0.966. The van der Waals surface area contributed by atoms with Crippen LogP contribution in [0.4, 0.5) is 5.69 Å². The predicted molar refractivity (Wildman–Crippen MR) is 78.2 cm³/mol. The molecule has 1 heterocycles. The lowest BCUT2D eigenvalue weighted by Gasteiger charge is -2.25. The van der Waals surface area contributed by atoms with E-state index in [2.05, 4.69) is 27.9 Å². The van der Waals surface area contributed by atoms with Crippen molar-refractivity contribution in [2.45, 2.75) is 19.3 Å². The van der Waals surface area contributed by atoms with Crippen molar-refractivity contribution < 1.29 is 9.59 Å². The smallest absolute Gasteiger partial charge is 0.313 e. The highest BCUT2D eigenvalue weighted by Gasteiger charge is 2.23. The van der Waals surface area contributed by atoms with Crippen molar-refractivity contribution in [1.29, 1.82) is 0 Å². The highest BCUT2D eigenvalue weighted by Crippen LogP contribution is 2.12. The maximum absolute atomic E-state index is 11.9. The van der Waals surface area contributed by atoms with Gasteiger partial charge in [0.15, 0.2) is 0 Å². The number of nitrogens with zero attached hydrogens (tertiary/aromatic N) is 1. The molecule has 0 radical (unpaired) electrons. The molecule has 0 atom stereocenters. The number of nitrogens with one attached hydrogen (secondary N) is 1. The fourth-order valence-electron chi connectivity index (χ4n) is 1.96. The van der Waals surface area contributed by atoms with Gasteiger partial charge in [0.05, 0.1) is 0 Å². The number of rotatable bonds is 1. The van der Waals surface area contributed by atoms with Crippen LogP contribution in [-0.4, -0.2) is 29.8 Å². The molecule has 1 saturated heterocycles. The summed E-state index contributed by atoms with van der Waals surface area (Å²) in [6.45, 7) is 1.39. The molecule has 0 saturated carbocycles. The standard InChI is InChI=1S/C13H15IN2O2/c14-10-4-6-11(7-5-10)15-12(17)13(18)16-8-2-1-3-9-16/h4-7H,1-3,8-9H2,(H,15,17). The van der Waals surface area contributed by atoms with Gasteiger partial charge in [-0.05, 0) is 66.1 Å². The van der Waals surface area contributed by atoms with Crippen LogP contribution in [0.3, 0.4) is 0 Å². The Kier molecular flexibility index (Phi) is 4.57. The van der Waals surface area contributed by atoms with E-state index < -0.39 is 11.8 Å². The first-order valence-electron chi connectivity index (χ1n) is 6.02. The minimum absolute atomic E-state index is 0.423. The van der Waals surface area contributed by atoms with Crippen LogP contribution in [0.15, 0.2) is 24.3 Å². The van der Waals surface area contributed by atoms with Gasteiger partial charge in [-0.1, -0.05) is 0 Å². The van der Waals surface area contributed by atoms with Crippen molar-refractivity contribution >= 4 is 40.1 Å². The monoisotopic (exact) mass is 358 g/mol. The lowest BCUT2D eigenvalue weighted by atomic mass is 10.1. The van der Waals surface area contributed by atoms with Gasteiger partial charge in [0, 0.05) is 22.3 Å². The molecule has 1 aliphatic heterocycles. The quantitative estimate of drug-likeness (QED) is 0.619. The van der Waals surface area contributed by atoms with E-state index in [1.165, 1.54) is 0 Å². The third-order valence-corrected chi connectivity index (χ3v) is 3.66. The average Bonchev–Trinajstić information content (AvgIpc) is 2.41. The summed E-state index contributed by atoms with van der Waals surface area (Å²) in [4.78, 5) is 25.3. The second-order valence-corrected chi connectivity index (χ2v) is 5.56. The second kappa shape index (κ2) is 6.17. The summed E-state index contributed by atoms with van der Waals surface area (Å²) >= 11 is 2.19. The van der Waals surface area contributed by atoms with Crippen molar-refractivity contribution in [3.05, 3.63) is 27.8 Å². The molecule has 2 rings (SSSR count). The van der Waals surface area contributed by atoms with E-state index >= 15 is 0 Å². The van der Waals surface area contributed by atoms with Crippen LogP contribution in [0.5, 0.6) is 0 Å². The Labute approximate surface area is 120 Å². The number of halogens is 1. The van der Waals surface area contributed by atoms with Crippen molar-refractivity contribution in [2.24, 2.45) is 0 Å². The van der Waals surface area contributed by atoms with E-state index in [0.717, 1.165) is 22.8 Å². The van der Waals surface area contributed by atoms with E-state index in [9.17, 15) is 9.59 Å². The van der Waals surface area contributed by atoms with Crippen LogP contribution < -0.4 is 5.32 Å². The van der Waals surface area contributed by atoms with Crippen LogP contribution in [0.1, 0.15) is 19.3 Å². The Hall–Kier alpha value is -1.11. The first-order chi connectivity index (χ1) is 8.66. The Bertz CT molecular complexity index is 439. The molecule has 0 unspecified atom stereocenters. The molecule has 4 nitrogen and oxygen atoms in total. The first kappa shape index (κ1) is 13.3. The fourth-order valence-corrected chi connectivity index (χ4v) is 2.32. The number of piperidine rings is 1. The Morgan fingerprint density at radius 2 is 1.67 bits per heavy atom. The van der Waals surface area contributed by atoms with E-state index in [0.29, 0.717) is 18.8 Å². The fraction of sp³-hybridized carbons (Fsp3) is 0.385. The molecule has 96 valence electrons. The van der Waals surface area contributed by atoms with Crippen molar-refractivity contribution in [3.63, 3.8) is 0 Å². The topological polar surface area (TPSA) is 49.4 Å². The van der Waals surface area contributed by atoms with Gasteiger partial charge >= 0.3 is 11.8 Å². The third kappa shape index (κ3) is 3.44. The van der Waals surface area contributed by atoms with Crippen molar-refractivity contribution in [3.8, 4) is 0 Å². The van der Waals surface area contributed by atoms with Crippen LogP contribution in [0, 0.1) is 3.57 Å². The molecule has 1 aromatic rings. The van der Waals surface area contributed by atoms with Gasteiger partial charge in [-0.3, -0.25) is 9.59 Å². The molecule has 1 N–H and O–H groups in total.